The number of nitrogens with zero attached hydrogens (tertiary/aromatic N) is 3. The van der Waals surface area contributed by atoms with Crippen molar-refractivity contribution < 1.29 is 14.6 Å². The number of hydrogen-bond acceptors (Lipinski definition) is 5. The maximum atomic E-state index is 12.6. The zero-order valence-corrected chi connectivity index (χ0v) is 15.4. The summed E-state index contributed by atoms with van der Waals surface area (Å²) in [6, 6.07) is 3.93. The van der Waals surface area contributed by atoms with E-state index in [0.29, 0.717) is 26.1 Å². The molecule has 2 fully saturated rings. The molecule has 138 valence electrons. The minimum absolute atomic E-state index is 0.152. The average molecular weight is 347 g/mol. The number of pyridine rings is 1. The van der Waals surface area contributed by atoms with Crippen molar-refractivity contribution in [1.82, 2.24) is 14.8 Å². The number of carbonyl (C=O) groups is 1. The van der Waals surface area contributed by atoms with Gasteiger partial charge >= 0.3 is 0 Å². The lowest BCUT2D eigenvalue weighted by Crippen LogP contribution is -2.69. The number of aliphatic hydroxyl groups is 1. The standard InChI is InChI=1S/C19H29N3O3/c1-18(25-3)12-16(23)19(18)6-10-22(11-7-19)17(24)14-21(2)13-15-4-8-20-9-5-15/h4-5,8-9,16,23H,6-7,10-14H2,1-3H3. The molecule has 1 amide bonds. The molecule has 0 aromatic carbocycles. The Morgan fingerprint density at radius 2 is 2.04 bits per heavy atom. The minimum atomic E-state index is -0.316. The second-order valence-corrected chi connectivity index (χ2v) is 7.72. The van der Waals surface area contributed by atoms with Gasteiger partial charge in [0.1, 0.15) is 0 Å². The fourth-order valence-electron chi connectivity index (χ4n) is 4.48. The molecule has 1 saturated heterocycles. The highest BCUT2D eigenvalue weighted by atomic mass is 16.5. The molecule has 2 atom stereocenters. The van der Waals surface area contributed by atoms with Crippen LogP contribution in [0.3, 0.4) is 0 Å². The number of piperidine rings is 1. The molecular formula is C19H29N3O3. The number of methoxy groups -OCH3 is 1. The minimum Gasteiger partial charge on any atom is -0.392 e. The van der Waals surface area contributed by atoms with E-state index in [9.17, 15) is 9.90 Å². The van der Waals surface area contributed by atoms with Crippen LogP contribution in [0, 0.1) is 5.41 Å². The quantitative estimate of drug-likeness (QED) is 0.869. The van der Waals surface area contributed by atoms with Gasteiger partial charge in [-0.3, -0.25) is 14.7 Å². The van der Waals surface area contributed by atoms with Gasteiger partial charge in [-0.15, -0.1) is 0 Å². The van der Waals surface area contributed by atoms with E-state index in [1.165, 1.54) is 0 Å². The monoisotopic (exact) mass is 347 g/mol. The SMILES string of the molecule is COC1(C)CC(O)C12CCN(C(=O)CN(C)Cc1ccncc1)CC2. The molecule has 1 aliphatic heterocycles. The largest absolute Gasteiger partial charge is 0.392 e. The zero-order valence-electron chi connectivity index (χ0n) is 15.4. The first kappa shape index (κ1) is 18.3. The van der Waals surface area contributed by atoms with Crippen molar-refractivity contribution in [3.63, 3.8) is 0 Å². The van der Waals surface area contributed by atoms with Crippen molar-refractivity contribution in [2.24, 2.45) is 5.41 Å². The van der Waals surface area contributed by atoms with Gasteiger partial charge in [-0.05, 0) is 44.5 Å². The van der Waals surface area contributed by atoms with Gasteiger partial charge in [0, 0.05) is 51.0 Å². The first-order valence-corrected chi connectivity index (χ1v) is 8.99. The van der Waals surface area contributed by atoms with Crippen LogP contribution in [0.4, 0.5) is 0 Å². The Hall–Kier alpha value is -1.50. The van der Waals surface area contributed by atoms with Crippen molar-refractivity contribution in [2.45, 2.75) is 44.4 Å². The van der Waals surface area contributed by atoms with E-state index < -0.39 is 0 Å². The van der Waals surface area contributed by atoms with E-state index in [1.54, 1.807) is 19.5 Å². The highest BCUT2D eigenvalue weighted by Crippen LogP contribution is 2.57. The van der Waals surface area contributed by atoms with Gasteiger partial charge in [-0.25, -0.2) is 0 Å². The summed E-state index contributed by atoms with van der Waals surface area (Å²) in [4.78, 5) is 20.6. The first-order valence-electron chi connectivity index (χ1n) is 8.99. The van der Waals surface area contributed by atoms with Gasteiger partial charge in [0.05, 0.1) is 18.2 Å². The number of hydrogen-bond donors (Lipinski definition) is 1. The van der Waals surface area contributed by atoms with Crippen LogP contribution >= 0.6 is 0 Å². The third-order valence-electron chi connectivity index (χ3n) is 6.34. The molecule has 2 heterocycles. The van der Waals surface area contributed by atoms with Crippen molar-refractivity contribution >= 4 is 5.91 Å². The van der Waals surface area contributed by atoms with E-state index in [0.717, 1.165) is 24.9 Å². The van der Waals surface area contributed by atoms with Crippen molar-refractivity contribution in [2.75, 3.05) is 33.8 Å². The van der Waals surface area contributed by atoms with Gasteiger partial charge in [0.15, 0.2) is 0 Å². The Morgan fingerprint density at radius 3 is 2.60 bits per heavy atom. The average Bonchev–Trinajstić information content (AvgIpc) is 2.62. The molecule has 0 radical (unpaired) electrons. The predicted octanol–water partition coefficient (Wildman–Crippen LogP) is 1.29. The van der Waals surface area contributed by atoms with Crippen LogP contribution in [0.25, 0.3) is 0 Å². The first-order chi connectivity index (χ1) is 11.9. The summed E-state index contributed by atoms with van der Waals surface area (Å²) in [5, 5.41) is 10.3. The Morgan fingerprint density at radius 1 is 1.40 bits per heavy atom. The summed E-state index contributed by atoms with van der Waals surface area (Å²) in [7, 11) is 3.68. The maximum absolute atomic E-state index is 12.6. The second-order valence-electron chi connectivity index (χ2n) is 7.72. The Kier molecular flexibility index (Phi) is 5.14. The van der Waals surface area contributed by atoms with Crippen LogP contribution in [0.2, 0.25) is 0 Å². The molecule has 0 bridgehead atoms. The maximum Gasteiger partial charge on any atom is 0.236 e. The van der Waals surface area contributed by atoms with Gasteiger partial charge in [-0.2, -0.15) is 0 Å². The molecule has 6 heteroatoms. The lowest BCUT2D eigenvalue weighted by Gasteiger charge is -2.62. The van der Waals surface area contributed by atoms with Gasteiger partial charge in [0.25, 0.3) is 0 Å². The van der Waals surface area contributed by atoms with Crippen LogP contribution < -0.4 is 0 Å². The summed E-state index contributed by atoms with van der Waals surface area (Å²) in [6.45, 7) is 4.60. The number of carbonyl (C=O) groups excluding carboxylic acids is 1. The number of ether oxygens (including phenoxy) is 1. The Balaban J connectivity index is 1.52. The van der Waals surface area contributed by atoms with Crippen molar-refractivity contribution in [1.29, 1.82) is 0 Å². The predicted molar refractivity (Wildman–Crippen MR) is 94.9 cm³/mol. The number of aromatic nitrogens is 1. The fraction of sp³-hybridized carbons (Fsp3) is 0.684. The van der Waals surface area contributed by atoms with Crippen molar-refractivity contribution in [3.05, 3.63) is 30.1 Å². The van der Waals surface area contributed by atoms with Crippen LogP contribution in [0.15, 0.2) is 24.5 Å². The summed E-state index contributed by atoms with van der Waals surface area (Å²) in [6.07, 6.45) is 5.52. The molecule has 6 nitrogen and oxygen atoms in total. The fourth-order valence-corrected chi connectivity index (χ4v) is 4.48. The third kappa shape index (κ3) is 3.30. The van der Waals surface area contributed by atoms with E-state index >= 15 is 0 Å². The van der Waals surface area contributed by atoms with Gasteiger partial charge in [-0.1, -0.05) is 0 Å². The number of likely N-dealkylation sites (tertiary alicyclic amines) is 1. The molecule has 1 aromatic rings. The molecular weight excluding hydrogens is 318 g/mol. The van der Waals surface area contributed by atoms with Crippen LogP contribution in [-0.2, 0) is 16.1 Å². The molecule has 2 aliphatic rings. The summed E-state index contributed by atoms with van der Waals surface area (Å²) in [5.41, 5.74) is 0.692. The zero-order chi connectivity index (χ0) is 18.1. The smallest absolute Gasteiger partial charge is 0.236 e. The van der Waals surface area contributed by atoms with E-state index in [-0.39, 0.29) is 23.0 Å². The molecule has 1 saturated carbocycles. The highest BCUT2D eigenvalue weighted by molar-refractivity contribution is 5.78. The molecule has 2 unspecified atom stereocenters. The molecule has 1 aromatic heterocycles. The van der Waals surface area contributed by atoms with Gasteiger partial charge in [0.2, 0.25) is 5.91 Å². The van der Waals surface area contributed by atoms with Crippen LogP contribution in [-0.4, -0.2) is 71.3 Å². The molecule has 3 rings (SSSR count). The third-order valence-corrected chi connectivity index (χ3v) is 6.34. The summed E-state index contributed by atoms with van der Waals surface area (Å²) in [5.74, 6) is 0.152. The number of amides is 1. The van der Waals surface area contributed by atoms with E-state index in [4.69, 9.17) is 4.74 Å². The van der Waals surface area contributed by atoms with Crippen LogP contribution in [0.1, 0.15) is 31.7 Å². The molecule has 1 aliphatic carbocycles. The molecule has 1 N–H and O–H groups in total. The highest BCUT2D eigenvalue weighted by Gasteiger charge is 2.63. The summed E-state index contributed by atoms with van der Waals surface area (Å²) < 4.78 is 5.69. The molecule has 1 spiro atoms. The van der Waals surface area contributed by atoms with Gasteiger partial charge < -0.3 is 14.7 Å². The van der Waals surface area contributed by atoms with E-state index in [1.807, 2.05) is 29.0 Å². The number of rotatable bonds is 5. The molecule has 25 heavy (non-hydrogen) atoms. The van der Waals surface area contributed by atoms with Crippen LogP contribution in [0.5, 0.6) is 0 Å². The van der Waals surface area contributed by atoms with Crippen molar-refractivity contribution in [3.8, 4) is 0 Å². The summed E-state index contributed by atoms with van der Waals surface area (Å²) >= 11 is 0. The number of likely N-dealkylation sites (N-methyl/N-ethyl adjacent to an activating group) is 1. The Bertz CT molecular complexity index is 601. The Labute approximate surface area is 149 Å². The topological polar surface area (TPSA) is 65.9 Å². The lowest BCUT2D eigenvalue weighted by molar-refractivity contribution is -0.261. The van der Waals surface area contributed by atoms with E-state index in [2.05, 4.69) is 11.9 Å². The second kappa shape index (κ2) is 7.02. The normalized spacial score (nSPS) is 28.2. The number of aliphatic hydroxyl groups excluding tert-OH is 1. The lowest BCUT2D eigenvalue weighted by atomic mass is 9.51.